The van der Waals surface area contributed by atoms with E-state index in [9.17, 15) is 14.4 Å². The Bertz CT molecular complexity index is 1150. The van der Waals surface area contributed by atoms with Crippen molar-refractivity contribution in [2.75, 3.05) is 26.4 Å². The summed E-state index contributed by atoms with van der Waals surface area (Å²) >= 11 is 0. The first kappa shape index (κ1) is 33.6. The molecule has 0 saturated heterocycles. The second-order valence-corrected chi connectivity index (χ2v) is 13.1. The van der Waals surface area contributed by atoms with E-state index < -0.39 is 15.0 Å². The molecule has 0 aromatic heterocycles. The molecule has 0 radical (unpaired) electrons. The summed E-state index contributed by atoms with van der Waals surface area (Å²) in [4.78, 5) is 37.6. The number of hydrogen-bond donors (Lipinski definition) is 0. The molecule has 9 heteroatoms. The van der Waals surface area contributed by atoms with Gasteiger partial charge in [-0.05, 0) is 51.3 Å². The Morgan fingerprint density at radius 3 is 1.69 bits per heavy atom. The largest absolute Gasteiger partial charge is 0.508 e. The number of carbonyl (C=O) groups excluding carboxylic acids is 3. The summed E-state index contributed by atoms with van der Waals surface area (Å²) < 4.78 is 28.2. The van der Waals surface area contributed by atoms with Crippen LogP contribution in [0.25, 0.3) is 0 Å². The summed E-state index contributed by atoms with van der Waals surface area (Å²) in [6, 6.07) is 12.6. The van der Waals surface area contributed by atoms with Gasteiger partial charge in [-0.25, -0.2) is 4.79 Å². The lowest BCUT2D eigenvalue weighted by Gasteiger charge is -2.28. The third-order valence-electron chi connectivity index (χ3n) is 7.29. The van der Waals surface area contributed by atoms with Crippen molar-refractivity contribution in [1.29, 1.82) is 0 Å². The molecule has 2 aromatic rings. The molecular formula is C33H46O8Si. The van der Waals surface area contributed by atoms with E-state index in [-0.39, 0.29) is 18.2 Å². The van der Waals surface area contributed by atoms with Crippen LogP contribution in [0.5, 0.6) is 0 Å². The predicted octanol–water partition coefficient (Wildman–Crippen LogP) is 7.67. The van der Waals surface area contributed by atoms with Crippen LogP contribution in [0.4, 0.5) is 4.79 Å². The van der Waals surface area contributed by atoms with Crippen LogP contribution in [0.15, 0.2) is 42.5 Å². The zero-order valence-electron chi connectivity index (χ0n) is 25.4. The molecule has 8 nitrogen and oxygen atoms in total. The Morgan fingerprint density at radius 2 is 1.12 bits per heavy atom. The quantitative estimate of drug-likeness (QED) is 0.0742. The monoisotopic (exact) mass is 598 g/mol. The molecule has 0 spiro atoms. The van der Waals surface area contributed by atoms with Gasteiger partial charge in [-0.1, -0.05) is 75.3 Å². The van der Waals surface area contributed by atoms with E-state index in [1.54, 1.807) is 42.5 Å². The van der Waals surface area contributed by atoms with Crippen LogP contribution in [0.2, 0.25) is 6.04 Å². The number of carbonyl (C=O) groups is 3. The smallest absolute Gasteiger partial charge is 0.434 e. The highest BCUT2D eigenvalue weighted by Gasteiger charge is 2.39. The van der Waals surface area contributed by atoms with Crippen LogP contribution < -0.4 is 0 Å². The summed E-state index contributed by atoms with van der Waals surface area (Å²) in [6.45, 7) is 8.13. The number of unbranched alkanes of at least 4 members (excludes halogenated alkanes) is 8. The third-order valence-corrected chi connectivity index (χ3v) is 10.4. The summed E-state index contributed by atoms with van der Waals surface area (Å²) in [5.74, 6) is -0.372. The van der Waals surface area contributed by atoms with Crippen molar-refractivity contribution in [2.24, 2.45) is 0 Å². The number of ketones is 2. The van der Waals surface area contributed by atoms with Crippen molar-refractivity contribution in [3.05, 3.63) is 70.3 Å². The average molecular weight is 599 g/mol. The normalized spacial score (nSPS) is 12.6. The maximum Gasteiger partial charge on any atom is 0.508 e. The van der Waals surface area contributed by atoms with Gasteiger partial charge in [-0.15, -0.1) is 0 Å². The van der Waals surface area contributed by atoms with E-state index in [1.807, 2.05) is 20.8 Å². The molecule has 0 unspecified atom stereocenters. The number of benzene rings is 2. The fourth-order valence-corrected chi connectivity index (χ4v) is 7.94. The Morgan fingerprint density at radius 1 is 0.619 bits per heavy atom. The Balaban J connectivity index is 1.22. The lowest BCUT2D eigenvalue weighted by atomic mass is 9.83. The molecule has 0 bridgehead atoms. The standard InChI is InChI=1S/C33H46O8Si/c1-4-39-42(40-5-2,41-6-3)23-17-13-11-9-7-8-10-12-16-22-37-33(36)38-25-26-20-21-29-30(24-26)32(35)28-19-15-14-18-27(28)31(29)34/h14-15,18-21,24H,4-13,16-17,22-23,25H2,1-3H3. The first-order chi connectivity index (χ1) is 20.4. The predicted molar refractivity (Wildman–Crippen MR) is 163 cm³/mol. The highest BCUT2D eigenvalue weighted by Crippen LogP contribution is 2.28. The average Bonchev–Trinajstić information content (AvgIpc) is 2.99. The van der Waals surface area contributed by atoms with Crippen molar-refractivity contribution in [3.8, 4) is 0 Å². The van der Waals surface area contributed by atoms with Gasteiger partial charge in [0.1, 0.15) is 6.61 Å². The first-order valence-corrected chi connectivity index (χ1v) is 17.4. The molecule has 0 atom stereocenters. The number of hydrogen-bond acceptors (Lipinski definition) is 8. The lowest BCUT2D eigenvalue weighted by molar-refractivity contribution is 0.0487. The van der Waals surface area contributed by atoms with Crippen molar-refractivity contribution in [1.82, 2.24) is 0 Å². The van der Waals surface area contributed by atoms with Gasteiger partial charge < -0.3 is 22.8 Å². The second kappa shape index (κ2) is 18.0. The summed E-state index contributed by atoms with van der Waals surface area (Å²) in [5.41, 5.74) is 2.15. The highest BCUT2D eigenvalue weighted by atomic mass is 28.4. The molecule has 1 aliphatic carbocycles. The second-order valence-electron chi connectivity index (χ2n) is 10.4. The van der Waals surface area contributed by atoms with Crippen LogP contribution in [0.1, 0.15) is 116 Å². The molecule has 1 aliphatic rings. The van der Waals surface area contributed by atoms with Crippen molar-refractivity contribution >= 4 is 26.5 Å². The molecule has 3 rings (SSSR count). The van der Waals surface area contributed by atoms with E-state index in [4.69, 9.17) is 22.8 Å². The maximum atomic E-state index is 12.9. The maximum absolute atomic E-state index is 12.9. The van der Waals surface area contributed by atoms with E-state index in [2.05, 4.69) is 0 Å². The molecule has 0 N–H and O–H groups in total. The van der Waals surface area contributed by atoms with Gasteiger partial charge in [-0.3, -0.25) is 9.59 Å². The number of rotatable bonds is 20. The summed E-state index contributed by atoms with van der Waals surface area (Å²) in [6.07, 6.45) is 9.19. The summed E-state index contributed by atoms with van der Waals surface area (Å²) in [7, 11) is -2.51. The van der Waals surface area contributed by atoms with Gasteiger partial charge in [0.05, 0.1) is 6.61 Å². The van der Waals surface area contributed by atoms with Gasteiger partial charge in [0, 0.05) is 48.1 Å². The van der Waals surface area contributed by atoms with Crippen LogP contribution in [-0.4, -0.2) is 53.0 Å². The van der Waals surface area contributed by atoms with Gasteiger partial charge in [0.25, 0.3) is 0 Å². The van der Waals surface area contributed by atoms with Crippen molar-refractivity contribution in [3.63, 3.8) is 0 Å². The molecule has 0 fully saturated rings. The molecule has 2 aromatic carbocycles. The van der Waals surface area contributed by atoms with Crippen LogP contribution >= 0.6 is 0 Å². The molecular weight excluding hydrogens is 552 g/mol. The Labute approximate surface area is 251 Å². The lowest BCUT2D eigenvalue weighted by Crippen LogP contribution is -2.45. The fourth-order valence-electron chi connectivity index (χ4n) is 5.26. The molecule has 0 amide bonds. The van der Waals surface area contributed by atoms with E-state index in [1.165, 1.54) is 25.7 Å². The molecule has 0 saturated carbocycles. The number of ether oxygens (including phenoxy) is 2. The fraction of sp³-hybridized carbons (Fsp3) is 0.545. The third kappa shape index (κ3) is 9.86. The number of fused-ring (bicyclic) bond motifs is 2. The van der Waals surface area contributed by atoms with Gasteiger partial charge in [-0.2, -0.15) is 0 Å². The zero-order chi connectivity index (χ0) is 30.2. The highest BCUT2D eigenvalue weighted by molar-refractivity contribution is 6.60. The SMILES string of the molecule is CCO[Si](CCCCCCCCCCCOC(=O)OCc1ccc2c(c1)C(=O)c1ccccc1C2=O)(OCC)OCC. The van der Waals surface area contributed by atoms with Gasteiger partial charge in [0.2, 0.25) is 0 Å². The zero-order valence-corrected chi connectivity index (χ0v) is 26.4. The van der Waals surface area contributed by atoms with Crippen molar-refractivity contribution in [2.45, 2.75) is 91.2 Å². The minimum Gasteiger partial charge on any atom is -0.434 e. The van der Waals surface area contributed by atoms with Crippen LogP contribution in [-0.2, 0) is 29.4 Å². The Hall–Kier alpha value is -2.85. The van der Waals surface area contributed by atoms with Crippen LogP contribution in [0.3, 0.4) is 0 Å². The van der Waals surface area contributed by atoms with Crippen molar-refractivity contribution < 1.29 is 37.1 Å². The Kier molecular flexibility index (Phi) is 14.4. The molecule has 42 heavy (non-hydrogen) atoms. The van der Waals surface area contributed by atoms with E-state index >= 15 is 0 Å². The van der Waals surface area contributed by atoms with E-state index in [0.29, 0.717) is 54.2 Å². The van der Waals surface area contributed by atoms with Crippen LogP contribution in [0, 0.1) is 0 Å². The van der Waals surface area contributed by atoms with Gasteiger partial charge >= 0.3 is 15.0 Å². The first-order valence-electron chi connectivity index (χ1n) is 15.5. The van der Waals surface area contributed by atoms with Gasteiger partial charge in [0.15, 0.2) is 11.6 Å². The molecule has 0 aliphatic heterocycles. The topological polar surface area (TPSA) is 97.4 Å². The minimum absolute atomic E-state index is 0.0265. The molecule has 230 valence electrons. The van der Waals surface area contributed by atoms with E-state index in [0.717, 1.165) is 38.1 Å². The molecule has 0 heterocycles. The minimum atomic E-state index is -2.51. The summed E-state index contributed by atoms with van der Waals surface area (Å²) in [5, 5.41) is 0.